The van der Waals surface area contributed by atoms with E-state index >= 15 is 0 Å². The highest BCUT2D eigenvalue weighted by Crippen LogP contribution is 2.10. The van der Waals surface area contributed by atoms with Gasteiger partial charge in [-0.2, -0.15) is 0 Å². The van der Waals surface area contributed by atoms with Crippen LogP contribution in [0.4, 0.5) is 0 Å². The number of carbonyl (C=O) groups excluding carboxylic acids is 1. The number of amides is 1. The number of piperidine rings is 1. The highest BCUT2D eigenvalue weighted by atomic mass is 16.2. The maximum atomic E-state index is 11.8. The Morgan fingerprint density at radius 1 is 1.67 bits per heavy atom. The van der Waals surface area contributed by atoms with Gasteiger partial charge in [-0.15, -0.1) is 0 Å². The lowest BCUT2D eigenvalue weighted by atomic mass is 9.98. The van der Waals surface area contributed by atoms with Crippen LogP contribution in [-0.4, -0.2) is 36.8 Å². The minimum atomic E-state index is 0.135. The summed E-state index contributed by atoms with van der Waals surface area (Å²) in [4.78, 5) is 11.8. The summed E-state index contributed by atoms with van der Waals surface area (Å²) in [5.41, 5.74) is 0. The topological polar surface area (TPSA) is 61.4 Å². The lowest BCUT2D eigenvalue weighted by molar-refractivity contribution is -0.126. The first-order valence-electron chi connectivity index (χ1n) is 5.86. The Labute approximate surface area is 91.4 Å². The van der Waals surface area contributed by atoms with Gasteiger partial charge in [0, 0.05) is 19.2 Å². The van der Waals surface area contributed by atoms with Crippen LogP contribution in [0.15, 0.2) is 0 Å². The zero-order valence-corrected chi connectivity index (χ0v) is 9.46. The van der Waals surface area contributed by atoms with Crippen molar-refractivity contribution < 1.29 is 9.90 Å². The normalized spacial score (nSPS) is 23.5. The Morgan fingerprint density at radius 2 is 2.47 bits per heavy atom. The SMILES string of the molecule is CC(CCCO)NC(=O)C1CCCNC1. The number of hydrogen-bond donors (Lipinski definition) is 3. The Bertz CT molecular complexity index is 191. The van der Waals surface area contributed by atoms with E-state index < -0.39 is 0 Å². The van der Waals surface area contributed by atoms with Gasteiger partial charge in [-0.05, 0) is 39.2 Å². The molecule has 2 unspecified atom stereocenters. The predicted molar refractivity (Wildman–Crippen MR) is 59.5 cm³/mol. The smallest absolute Gasteiger partial charge is 0.224 e. The summed E-state index contributed by atoms with van der Waals surface area (Å²) in [6.07, 6.45) is 3.68. The molecule has 0 saturated carbocycles. The third-order valence-corrected chi connectivity index (χ3v) is 2.85. The highest BCUT2D eigenvalue weighted by Gasteiger charge is 2.21. The van der Waals surface area contributed by atoms with Gasteiger partial charge in [-0.25, -0.2) is 0 Å². The van der Waals surface area contributed by atoms with Crippen molar-refractivity contribution >= 4 is 5.91 Å². The predicted octanol–water partition coefficient (Wildman–Crippen LogP) is 0.263. The van der Waals surface area contributed by atoms with Crippen LogP contribution in [0.5, 0.6) is 0 Å². The van der Waals surface area contributed by atoms with Crippen LogP contribution in [0.3, 0.4) is 0 Å². The molecule has 1 heterocycles. The van der Waals surface area contributed by atoms with Crippen molar-refractivity contribution in [1.29, 1.82) is 0 Å². The zero-order valence-electron chi connectivity index (χ0n) is 9.46. The number of carbonyl (C=O) groups is 1. The van der Waals surface area contributed by atoms with Crippen molar-refractivity contribution in [1.82, 2.24) is 10.6 Å². The third-order valence-electron chi connectivity index (χ3n) is 2.85. The third kappa shape index (κ3) is 4.62. The molecule has 0 bridgehead atoms. The van der Waals surface area contributed by atoms with E-state index in [1.807, 2.05) is 6.92 Å². The summed E-state index contributed by atoms with van der Waals surface area (Å²) >= 11 is 0. The second kappa shape index (κ2) is 6.80. The minimum Gasteiger partial charge on any atom is -0.396 e. The molecule has 4 heteroatoms. The quantitative estimate of drug-likeness (QED) is 0.615. The van der Waals surface area contributed by atoms with Crippen LogP contribution in [-0.2, 0) is 4.79 Å². The van der Waals surface area contributed by atoms with E-state index in [-0.39, 0.29) is 24.5 Å². The molecule has 1 amide bonds. The average molecular weight is 214 g/mol. The fourth-order valence-electron chi connectivity index (χ4n) is 1.91. The highest BCUT2D eigenvalue weighted by molar-refractivity contribution is 5.79. The Morgan fingerprint density at radius 3 is 3.07 bits per heavy atom. The van der Waals surface area contributed by atoms with E-state index in [1.165, 1.54) is 0 Å². The number of nitrogens with one attached hydrogen (secondary N) is 2. The van der Waals surface area contributed by atoms with Gasteiger partial charge in [-0.1, -0.05) is 0 Å². The van der Waals surface area contributed by atoms with E-state index in [0.717, 1.165) is 38.8 Å². The molecule has 0 aromatic heterocycles. The molecule has 1 aliphatic rings. The maximum absolute atomic E-state index is 11.8. The van der Waals surface area contributed by atoms with Crippen molar-refractivity contribution in [3.05, 3.63) is 0 Å². The molecule has 0 aromatic carbocycles. The van der Waals surface area contributed by atoms with Gasteiger partial charge >= 0.3 is 0 Å². The fourth-order valence-corrected chi connectivity index (χ4v) is 1.91. The lowest BCUT2D eigenvalue weighted by Crippen LogP contribution is -2.43. The number of hydrogen-bond acceptors (Lipinski definition) is 3. The molecular formula is C11H22N2O2. The second-order valence-corrected chi connectivity index (χ2v) is 4.32. The van der Waals surface area contributed by atoms with Gasteiger partial charge in [0.25, 0.3) is 0 Å². The fraction of sp³-hybridized carbons (Fsp3) is 0.909. The van der Waals surface area contributed by atoms with E-state index in [2.05, 4.69) is 10.6 Å². The monoisotopic (exact) mass is 214 g/mol. The molecule has 0 aromatic rings. The molecule has 1 aliphatic heterocycles. The van der Waals surface area contributed by atoms with Crippen LogP contribution in [0.25, 0.3) is 0 Å². The zero-order chi connectivity index (χ0) is 11.1. The first kappa shape index (κ1) is 12.5. The van der Waals surface area contributed by atoms with Crippen LogP contribution < -0.4 is 10.6 Å². The first-order valence-corrected chi connectivity index (χ1v) is 5.86. The molecule has 0 spiro atoms. The molecule has 0 radical (unpaired) electrons. The van der Waals surface area contributed by atoms with Crippen molar-refractivity contribution in [2.45, 2.75) is 38.6 Å². The molecule has 1 rings (SSSR count). The molecule has 1 fully saturated rings. The Kier molecular flexibility index (Phi) is 5.65. The summed E-state index contributed by atoms with van der Waals surface area (Å²) in [5.74, 6) is 0.294. The molecule has 1 saturated heterocycles. The van der Waals surface area contributed by atoms with Crippen LogP contribution in [0.1, 0.15) is 32.6 Å². The van der Waals surface area contributed by atoms with Crippen LogP contribution in [0.2, 0.25) is 0 Å². The molecule has 88 valence electrons. The minimum absolute atomic E-state index is 0.135. The first-order chi connectivity index (χ1) is 7.24. The lowest BCUT2D eigenvalue weighted by Gasteiger charge is -2.24. The van der Waals surface area contributed by atoms with Gasteiger partial charge in [-0.3, -0.25) is 4.79 Å². The van der Waals surface area contributed by atoms with Gasteiger partial charge in [0.2, 0.25) is 5.91 Å². The largest absolute Gasteiger partial charge is 0.396 e. The average Bonchev–Trinajstić information content (AvgIpc) is 2.27. The van der Waals surface area contributed by atoms with Crippen molar-refractivity contribution in [3.8, 4) is 0 Å². The second-order valence-electron chi connectivity index (χ2n) is 4.32. The van der Waals surface area contributed by atoms with Crippen molar-refractivity contribution in [2.24, 2.45) is 5.92 Å². The van der Waals surface area contributed by atoms with Gasteiger partial charge in [0.15, 0.2) is 0 Å². The molecule has 3 N–H and O–H groups in total. The molecule has 4 nitrogen and oxygen atoms in total. The Hall–Kier alpha value is -0.610. The van der Waals surface area contributed by atoms with Crippen molar-refractivity contribution in [2.75, 3.05) is 19.7 Å². The number of rotatable bonds is 5. The van der Waals surface area contributed by atoms with Gasteiger partial charge in [0.05, 0.1) is 5.92 Å². The van der Waals surface area contributed by atoms with E-state index in [0.29, 0.717) is 0 Å². The molecule has 15 heavy (non-hydrogen) atoms. The van der Waals surface area contributed by atoms with Gasteiger partial charge in [0.1, 0.15) is 0 Å². The number of aliphatic hydroxyl groups excluding tert-OH is 1. The van der Waals surface area contributed by atoms with E-state index in [9.17, 15) is 4.79 Å². The van der Waals surface area contributed by atoms with E-state index in [4.69, 9.17) is 5.11 Å². The number of aliphatic hydroxyl groups is 1. The summed E-state index contributed by atoms with van der Waals surface area (Å²) in [5, 5.41) is 14.9. The Balaban J connectivity index is 2.21. The summed E-state index contributed by atoms with van der Waals surface area (Å²) in [6.45, 7) is 4.03. The molecule has 0 aliphatic carbocycles. The maximum Gasteiger partial charge on any atom is 0.224 e. The molecular weight excluding hydrogens is 192 g/mol. The standard InChI is InChI=1S/C11H22N2O2/c1-9(4-3-7-14)13-11(15)10-5-2-6-12-8-10/h9-10,12,14H,2-8H2,1H3,(H,13,15). The van der Waals surface area contributed by atoms with Crippen LogP contribution in [0, 0.1) is 5.92 Å². The van der Waals surface area contributed by atoms with Gasteiger partial charge < -0.3 is 15.7 Å². The van der Waals surface area contributed by atoms with Crippen LogP contribution >= 0.6 is 0 Å². The van der Waals surface area contributed by atoms with E-state index in [1.54, 1.807) is 0 Å². The van der Waals surface area contributed by atoms with Crippen molar-refractivity contribution in [3.63, 3.8) is 0 Å². The summed E-state index contributed by atoms with van der Waals surface area (Å²) < 4.78 is 0. The summed E-state index contributed by atoms with van der Waals surface area (Å²) in [6, 6.07) is 0.173. The molecule has 2 atom stereocenters. The summed E-state index contributed by atoms with van der Waals surface area (Å²) in [7, 11) is 0.